The number of nitrogens with two attached hydrogens (primary N) is 1. The summed E-state index contributed by atoms with van der Waals surface area (Å²) in [4.78, 5) is 0. The Labute approximate surface area is 72.4 Å². The van der Waals surface area contributed by atoms with Gasteiger partial charge in [-0.3, -0.25) is 0 Å². The molecule has 0 radical (unpaired) electrons. The van der Waals surface area contributed by atoms with Crippen LogP contribution in [0.2, 0.25) is 0 Å². The van der Waals surface area contributed by atoms with Crippen LogP contribution in [-0.4, -0.2) is 6.21 Å². The Morgan fingerprint density at radius 2 is 2.17 bits per heavy atom. The van der Waals surface area contributed by atoms with Crippen molar-refractivity contribution in [2.75, 3.05) is 0 Å². The molecule has 0 unspecified atom stereocenters. The standard InChI is InChI=1S/C10H12N2/c1-8(2)10-6-4-3-5-9(10)7-12-11/h3-7H,1,11H2,2H3/b12-7-. The lowest BCUT2D eigenvalue weighted by atomic mass is 10.0. The minimum Gasteiger partial charge on any atom is -0.323 e. The average molecular weight is 160 g/mol. The smallest absolute Gasteiger partial charge is 0.0544 e. The van der Waals surface area contributed by atoms with Crippen molar-refractivity contribution in [3.8, 4) is 0 Å². The average Bonchev–Trinajstić information content (AvgIpc) is 2.05. The van der Waals surface area contributed by atoms with Crippen LogP contribution in [0.25, 0.3) is 5.57 Å². The molecule has 0 heterocycles. The Hall–Kier alpha value is -1.57. The maximum atomic E-state index is 5.07. The highest BCUT2D eigenvalue weighted by Gasteiger charge is 1.97. The molecule has 2 nitrogen and oxygen atoms in total. The molecule has 0 atom stereocenters. The predicted molar refractivity (Wildman–Crippen MR) is 52.9 cm³/mol. The SMILES string of the molecule is C=C(C)c1ccccc1/C=N\N. The van der Waals surface area contributed by atoms with E-state index in [1.165, 1.54) is 0 Å². The molecule has 1 aromatic rings. The summed E-state index contributed by atoms with van der Waals surface area (Å²) in [5.74, 6) is 5.07. The number of hydrogen-bond donors (Lipinski definition) is 1. The largest absolute Gasteiger partial charge is 0.323 e. The van der Waals surface area contributed by atoms with E-state index in [-0.39, 0.29) is 0 Å². The van der Waals surface area contributed by atoms with Crippen LogP contribution >= 0.6 is 0 Å². The van der Waals surface area contributed by atoms with E-state index in [2.05, 4.69) is 11.7 Å². The molecule has 0 aromatic heterocycles. The number of nitrogens with zero attached hydrogens (tertiary/aromatic N) is 1. The van der Waals surface area contributed by atoms with Crippen LogP contribution < -0.4 is 5.84 Å². The second-order valence-corrected chi connectivity index (χ2v) is 2.65. The Bertz CT molecular complexity index is 313. The van der Waals surface area contributed by atoms with E-state index < -0.39 is 0 Å². The summed E-state index contributed by atoms with van der Waals surface area (Å²) in [7, 11) is 0. The minimum absolute atomic E-state index is 1.01. The molecule has 1 rings (SSSR count). The number of hydrazone groups is 1. The minimum atomic E-state index is 1.01. The van der Waals surface area contributed by atoms with Gasteiger partial charge in [-0.15, -0.1) is 0 Å². The van der Waals surface area contributed by atoms with Gasteiger partial charge < -0.3 is 5.84 Å². The van der Waals surface area contributed by atoms with Crippen LogP contribution in [0.3, 0.4) is 0 Å². The third-order valence-corrected chi connectivity index (χ3v) is 1.63. The molecule has 0 amide bonds. The fraction of sp³-hybridized carbons (Fsp3) is 0.100. The van der Waals surface area contributed by atoms with Gasteiger partial charge in [-0.25, -0.2) is 0 Å². The topological polar surface area (TPSA) is 38.4 Å². The normalized spacial score (nSPS) is 10.4. The quantitative estimate of drug-likeness (QED) is 0.401. The van der Waals surface area contributed by atoms with Crippen LogP contribution in [-0.2, 0) is 0 Å². The monoisotopic (exact) mass is 160 g/mol. The van der Waals surface area contributed by atoms with E-state index in [9.17, 15) is 0 Å². The van der Waals surface area contributed by atoms with Gasteiger partial charge in [-0.1, -0.05) is 36.4 Å². The van der Waals surface area contributed by atoms with Crippen LogP contribution in [0.15, 0.2) is 35.9 Å². The first kappa shape index (κ1) is 8.53. The van der Waals surface area contributed by atoms with Crippen molar-refractivity contribution < 1.29 is 0 Å². The van der Waals surface area contributed by atoms with Crippen molar-refractivity contribution in [1.82, 2.24) is 0 Å². The van der Waals surface area contributed by atoms with Crippen molar-refractivity contribution in [3.05, 3.63) is 42.0 Å². The first-order valence-corrected chi connectivity index (χ1v) is 3.74. The highest BCUT2D eigenvalue weighted by atomic mass is 15.1. The molecule has 0 saturated carbocycles. The maximum absolute atomic E-state index is 5.07. The van der Waals surface area contributed by atoms with Crippen molar-refractivity contribution in [2.45, 2.75) is 6.92 Å². The highest BCUT2D eigenvalue weighted by molar-refractivity contribution is 5.87. The van der Waals surface area contributed by atoms with Crippen molar-refractivity contribution in [3.63, 3.8) is 0 Å². The zero-order valence-corrected chi connectivity index (χ0v) is 7.12. The van der Waals surface area contributed by atoms with Crippen LogP contribution in [0.1, 0.15) is 18.1 Å². The van der Waals surface area contributed by atoms with Crippen molar-refractivity contribution >= 4 is 11.8 Å². The first-order chi connectivity index (χ1) is 5.75. The highest BCUT2D eigenvalue weighted by Crippen LogP contribution is 2.14. The fourth-order valence-corrected chi connectivity index (χ4v) is 1.08. The van der Waals surface area contributed by atoms with Crippen LogP contribution in [0, 0.1) is 0 Å². The molecule has 0 aliphatic carbocycles. The van der Waals surface area contributed by atoms with Crippen LogP contribution in [0.5, 0.6) is 0 Å². The van der Waals surface area contributed by atoms with Gasteiger partial charge in [0.15, 0.2) is 0 Å². The second-order valence-electron chi connectivity index (χ2n) is 2.65. The number of benzene rings is 1. The molecule has 2 heteroatoms. The molecule has 0 bridgehead atoms. The van der Waals surface area contributed by atoms with Gasteiger partial charge >= 0.3 is 0 Å². The lowest BCUT2D eigenvalue weighted by Crippen LogP contribution is -1.91. The Morgan fingerprint density at radius 3 is 2.75 bits per heavy atom. The van der Waals surface area contributed by atoms with Gasteiger partial charge in [0.1, 0.15) is 0 Å². The summed E-state index contributed by atoms with van der Waals surface area (Å²) >= 11 is 0. The molecule has 1 aromatic carbocycles. The maximum Gasteiger partial charge on any atom is 0.0544 e. The summed E-state index contributed by atoms with van der Waals surface area (Å²) in [6.45, 7) is 5.83. The summed E-state index contributed by atoms with van der Waals surface area (Å²) in [6, 6.07) is 7.88. The van der Waals surface area contributed by atoms with E-state index in [0.717, 1.165) is 16.7 Å². The predicted octanol–water partition coefficient (Wildman–Crippen LogP) is 2.01. The molecule has 0 aliphatic heterocycles. The zero-order chi connectivity index (χ0) is 8.97. The first-order valence-electron chi connectivity index (χ1n) is 3.74. The van der Waals surface area contributed by atoms with Gasteiger partial charge in [0, 0.05) is 5.56 Å². The molecular formula is C10H12N2. The number of allylic oxidation sites excluding steroid dienone is 1. The van der Waals surface area contributed by atoms with E-state index in [1.54, 1.807) is 6.21 Å². The third kappa shape index (κ3) is 1.72. The second kappa shape index (κ2) is 3.72. The van der Waals surface area contributed by atoms with Crippen molar-refractivity contribution in [2.24, 2.45) is 10.9 Å². The van der Waals surface area contributed by atoms with Crippen molar-refractivity contribution in [1.29, 1.82) is 0 Å². The van der Waals surface area contributed by atoms with Gasteiger partial charge in [-0.05, 0) is 12.5 Å². The Kier molecular flexibility index (Phi) is 2.64. The number of hydrogen-bond acceptors (Lipinski definition) is 2. The van der Waals surface area contributed by atoms with E-state index in [4.69, 9.17) is 5.84 Å². The van der Waals surface area contributed by atoms with Gasteiger partial charge in [0.05, 0.1) is 6.21 Å². The van der Waals surface area contributed by atoms with E-state index in [0.29, 0.717) is 0 Å². The zero-order valence-electron chi connectivity index (χ0n) is 7.12. The van der Waals surface area contributed by atoms with E-state index >= 15 is 0 Å². The summed E-state index contributed by atoms with van der Waals surface area (Å²) in [6.07, 6.45) is 1.63. The molecule has 0 spiro atoms. The van der Waals surface area contributed by atoms with Gasteiger partial charge in [0.2, 0.25) is 0 Å². The Morgan fingerprint density at radius 1 is 1.50 bits per heavy atom. The van der Waals surface area contributed by atoms with Crippen LogP contribution in [0.4, 0.5) is 0 Å². The van der Waals surface area contributed by atoms with Gasteiger partial charge in [-0.2, -0.15) is 5.10 Å². The summed E-state index contributed by atoms with van der Waals surface area (Å²) in [5, 5.41) is 3.48. The van der Waals surface area contributed by atoms with E-state index in [1.807, 2.05) is 31.2 Å². The Balaban J connectivity index is 3.17. The molecule has 12 heavy (non-hydrogen) atoms. The molecular weight excluding hydrogens is 148 g/mol. The molecule has 62 valence electrons. The lowest BCUT2D eigenvalue weighted by molar-refractivity contribution is 1.26. The van der Waals surface area contributed by atoms with Gasteiger partial charge in [0.25, 0.3) is 0 Å². The number of rotatable bonds is 2. The third-order valence-electron chi connectivity index (χ3n) is 1.63. The summed E-state index contributed by atoms with van der Waals surface area (Å²) < 4.78 is 0. The molecule has 0 fully saturated rings. The molecule has 0 saturated heterocycles. The fourth-order valence-electron chi connectivity index (χ4n) is 1.08. The lowest BCUT2D eigenvalue weighted by Gasteiger charge is -2.02. The molecule has 0 aliphatic rings. The molecule has 2 N–H and O–H groups in total. The summed E-state index contributed by atoms with van der Waals surface area (Å²) in [5.41, 5.74) is 3.12.